The van der Waals surface area contributed by atoms with Gasteiger partial charge in [0.05, 0.1) is 0 Å². The Morgan fingerprint density at radius 1 is 0.643 bits per heavy atom. The summed E-state index contributed by atoms with van der Waals surface area (Å²) in [7, 11) is 0. The highest BCUT2D eigenvalue weighted by molar-refractivity contribution is 8.08. The van der Waals surface area contributed by atoms with Crippen molar-refractivity contribution in [1.82, 2.24) is 0 Å². The lowest BCUT2D eigenvalue weighted by atomic mass is 10.3. The molecule has 4 bridgehead atoms. The van der Waals surface area contributed by atoms with Crippen molar-refractivity contribution < 1.29 is 0 Å². The molecule has 2 heterocycles. The van der Waals surface area contributed by atoms with Crippen molar-refractivity contribution in [3.8, 4) is 0 Å². The van der Waals surface area contributed by atoms with Crippen LogP contribution in [0.1, 0.15) is 0 Å². The molecule has 1 aromatic rings. The number of hydrogen-bond acceptors (Lipinski definition) is 4. The van der Waals surface area contributed by atoms with Crippen molar-refractivity contribution in [2.45, 2.75) is 19.6 Å². The van der Waals surface area contributed by atoms with Gasteiger partial charge in [-0.05, 0) is 12.1 Å². The van der Waals surface area contributed by atoms with Crippen molar-refractivity contribution in [3.05, 3.63) is 12.1 Å². The largest absolute Gasteiger partial charge is 0.124 e. The van der Waals surface area contributed by atoms with Crippen LogP contribution in [0.2, 0.25) is 0 Å². The van der Waals surface area contributed by atoms with Crippen LogP contribution in [0.25, 0.3) is 0 Å². The van der Waals surface area contributed by atoms with Crippen LogP contribution in [0.3, 0.4) is 0 Å². The predicted molar refractivity (Wildman–Crippen MR) is 69.3 cm³/mol. The summed E-state index contributed by atoms with van der Waals surface area (Å²) in [4.78, 5) is 6.17. The fourth-order valence-corrected chi connectivity index (χ4v) is 6.69. The first kappa shape index (κ1) is 9.82. The van der Waals surface area contributed by atoms with Crippen molar-refractivity contribution in [2.75, 3.05) is 23.0 Å². The van der Waals surface area contributed by atoms with Gasteiger partial charge >= 0.3 is 0 Å². The smallest absolute Gasteiger partial charge is 0.0356 e. The summed E-state index contributed by atoms with van der Waals surface area (Å²) < 4.78 is 0. The van der Waals surface area contributed by atoms with Gasteiger partial charge in [0.2, 0.25) is 0 Å². The zero-order chi connectivity index (χ0) is 9.38. The molecule has 0 saturated carbocycles. The van der Waals surface area contributed by atoms with E-state index >= 15 is 0 Å². The molecule has 2 aliphatic heterocycles. The molecular weight excluding hydrogens is 248 g/mol. The van der Waals surface area contributed by atoms with E-state index in [9.17, 15) is 0 Å². The molecule has 0 atom stereocenters. The van der Waals surface area contributed by atoms with Crippen LogP contribution in [-0.2, 0) is 0 Å². The third-order valence-electron chi connectivity index (χ3n) is 2.21. The van der Waals surface area contributed by atoms with Gasteiger partial charge < -0.3 is 0 Å². The Kier molecular flexibility index (Phi) is 2.97. The minimum absolute atomic E-state index is 1.26. The average molecular weight is 258 g/mol. The molecule has 0 unspecified atom stereocenters. The lowest BCUT2D eigenvalue weighted by Crippen LogP contribution is -1.82. The second kappa shape index (κ2) is 4.24. The molecule has 0 amide bonds. The van der Waals surface area contributed by atoms with Gasteiger partial charge in [-0.15, -0.1) is 47.0 Å². The third-order valence-corrected chi connectivity index (χ3v) is 7.48. The Hall–Kier alpha value is 0.620. The molecule has 0 aliphatic carbocycles. The summed E-state index contributed by atoms with van der Waals surface area (Å²) in [6, 6.07) is 4.63. The van der Waals surface area contributed by atoms with Gasteiger partial charge in [0.15, 0.2) is 0 Å². The number of thioether (sulfide) groups is 4. The van der Waals surface area contributed by atoms with Crippen LogP contribution in [0.5, 0.6) is 0 Å². The maximum Gasteiger partial charge on any atom is 0.0356 e. The highest BCUT2D eigenvalue weighted by Gasteiger charge is 2.20. The molecule has 1 aromatic carbocycles. The van der Waals surface area contributed by atoms with Crippen molar-refractivity contribution in [1.29, 1.82) is 0 Å². The number of rotatable bonds is 0. The van der Waals surface area contributed by atoms with Gasteiger partial charge in [-0.3, -0.25) is 0 Å². The summed E-state index contributed by atoms with van der Waals surface area (Å²) in [5.41, 5.74) is 0. The summed E-state index contributed by atoms with van der Waals surface area (Å²) >= 11 is 8.15. The van der Waals surface area contributed by atoms with Crippen LogP contribution < -0.4 is 0 Å². The highest BCUT2D eigenvalue weighted by Crippen LogP contribution is 2.48. The van der Waals surface area contributed by atoms with Crippen LogP contribution in [-0.4, -0.2) is 23.0 Å². The van der Waals surface area contributed by atoms with Crippen LogP contribution >= 0.6 is 47.0 Å². The molecule has 0 saturated heterocycles. The van der Waals surface area contributed by atoms with Gasteiger partial charge in [-0.1, -0.05) is 0 Å². The topological polar surface area (TPSA) is 0 Å². The second-order valence-electron chi connectivity index (χ2n) is 3.11. The van der Waals surface area contributed by atoms with Crippen molar-refractivity contribution >= 4 is 47.0 Å². The molecule has 3 rings (SSSR count). The first-order valence-electron chi connectivity index (χ1n) is 4.63. The minimum Gasteiger partial charge on any atom is -0.124 e. The molecule has 0 aromatic heterocycles. The molecule has 0 N–H and O–H groups in total. The maximum atomic E-state index is 2.32. The summed E-state index contributed by atoms with van der Waals surface area (Å²) in [6.45, 7) is 0. The third kappa shape index (κ3) is 1.70. The van der Waals surface area contributed by atoms with Crippen LogP contribution in [0.4, 0.5) is 0 Å². The van der Waals surface area contributed by atoms with Crippen molar-refractivity contribution in [3.63, 3.8) is 0 Å². The maximum absolute atomic E-state index is 2.32. The Bertz CT molecular complexity index is 326. The van der Waals surface area contributed by atoms with E-state index in [2.05, 4.69) is 35.7 Å². The standard InChI is InChI=1S/C10H10S4/c1-2-8-10-9(13-6-4-12-8)7(1)11-3-5-14-10/h1-2H,3-6H2. The Labute approximate surface area is 101 Å². The van der Waals surface area contributed by atoms with E-state index < -0.39 is 0 Å². The number of benzene rings is 1. The summed E-state index contributed by atoms with van der Waals surface area (Å²) in [5, 5.41) is 0. The van der Waals surface area contributed by atoms with Crippen LogP contribution in [0.15, 0.2) is 31.7 Å². The lowest BCUT2D eigenvalue weighted by Gasteiger charge is -2.09. The van der Waals surface area contributed by atoms with E-state index in [4.69, 9.17) is 0 Å². The quantitative estimate of drug-likeness (QED) is 0.687. The van der Waals surface area contributed by atoms with Gasteiger partial charge in [0.1, 0.15) is 0 Å². The van der Waals surface area contributed by atoms with Gasteiger partial charge in [0.25, 0.3) is 0 Å². The minimum atomic E-state index is 1.26. The lowest BCUT2D eigenvalue weighted by molar-refractivity contribution is 1.04. The molecular formula is C10H10S4. The Morgan fingerprint density at radius 3 is 1.57 bits per heavy atom. The first-order chi connectivity index (χ1) is 6.95. The van der Waals surface area contributed by atoms with Gasteiger partial charge in [0, 0.05) is 42.6 Å². The molecule has 0 spiro atoms. The van der Waals surface area contributed by atoms with E-state index in [1.807, 2.05) is 23.5 Å². The van der Waals surface area contributed by atoms with E-state index in [1.54, 1.807) is 9.79 Å². The van der Waals surface area contributed by atoms with Crippen molar-refractivity contribution in [2.24, 2.45) is 0 Å². The normalized spacial score (nSPS) is 20.0. The summed E-state index contributed by atoms with van der Waals surface area (Å²) in [6.07, 6.45) is 0. The first-order valence-corrected chi connectivity index (χ1v) is 8.57. The monoisotopic (exact) mass is 258 g/mol. The molecule has 0 radical (unpaired) electrons. The van der Waals surface area contributed by atoms with E-state index in [-0.39, 0.29) is 0 Å². The van der Waals surface area contributed by atoms with E-state index in [1.165, 1.54) is 32.8 Å². The molecule has 0 fully saturated rings. The Morgan fingerprint density at radius 2 is 1.07 bits per heavy atom. The SMILES string of the molecule is c1cc2c3c(c1SCCS3)SCCS2. The fourth-order valence-electron chi connectivity index (χ4n) is 1.62. The fraction of sp³-hybridized carbons (Fsp3) is 0.400. The van der Waals surface area contributed by atoms with Crippen LogP contribution in [0, 0.1) is 0 Å². The number of hydrogen-bond donors (Lipinski definition) is 0. The molecule has 74 valence electrons. The Balaban J connectivity index is 2.18. The molecule has 2 aliphatic rings. The van der Waals surface area contributed by atoms with Gasteiger partial charge in [-0.25, -0.2) is 0 Å². The zero-order valence-electron chi connectivity index (χ0n) is 7.62. The molecule has 14 heavy (non-hydrogen) atoms. The summed E-state index contributed by atoms with van der Waals surface area (Å²) in [5.74, 6) is 5.05. The average Bonchev–Trinajstić information content (AvgIpc) is 2.41. The van der Waals surface area contributed by atoms with E-state index in [0.717, 1.165) is 0 Å². The van der Waals surface area contributed by atoms with Gasteiger partial charge in [-0.2, -0.15) is 0 Å². The molecule has 0 nitrogen and oxygen atoms in total. The zero-order valence-corrected chi connectivity index (χ0v) is 10.9. The molecule has 4 heteroatoms. The highest BCUT2D eigenvalue weighted by atomic mass is 32.2. The predicted octanol–water partition coefficient (Wildman–Crippen LogP) is 4.08. The second-order valence-corrected chi connectivity index (χ2v) is 7.60. The van der Waals surface area contributed by atoms with E-state index in [0.29, 0.717) is 0 Å².